The highest BCUT2D eigenvalue weighted by atomic mass is 32.2. The van der Waals surface area contributed by atoms with Crippen LogP contribution in [0, 0.1) is 10.1 Å². The Kier molecular flexibility index (Phi) is 6.47. The maximum atomic E-state index is 11.7. The van der Waals surface area contributed by atoms with Crippen LogP contribution >= 0.6 is 11.8 Å². The zero-order chi connectivity index (χ0) is 15.8. The molecule has 1 aromatic carbocycles. The minimum Gasteiger partial charge on any atom is -0.480 e. The highest BCUT2D eigenvalue weighted by Gasteiger charge is 2.19. The number of benzene rings is 1. The van der Waals surface area contributed by atoms with E-state index in [-0.39, 0.29) is 5.69 Å². The number of non-ortho nitro benzene ring substituents is 1. The normalized spacial score (nSPS) is 11.5. The fourth-order valence-corrected chi connectivity index (χ4v) is 1.96. The molecule has 0 heterocycles. The summed E-state index contributed by atoms with van der Waals surface area (Å²) in [4.78, 5) is 32.6. The predicted molar refractivity (Wildman–Crippen MR) is 79.7 cm³/mol. The van der Waals surface area contributed by atoms with Crippen LogP contribution in [-0.4, -0.2) is 40.1 Å². The summed E-state index contributed by atoms with van der Waals surface area (Å²) >= 11 is 1.48. The van der Waals surface area contributed by atoms with Gasteiger partial charge < -0.3 is 15.7 Å². The summed E-state index contributed by atoms with van der Waals surface area (Å²) in [6, 6.07) is 3.59. The van der Waals surface area contributed by atoms with Crippen molar-refractivity contribution in [1.29, 1.82) is 0 Å². The Hall–Kier alpha value is -2.29. The van der Waals surface area contributed by atoms with E-state index in [0.29, 0.717) is 17.9 Å². The lowest BCUT2D eigenvalue weighted by atomic mass is 10.2. The quantitative estimate of drug-likeness (QED) is 0.522. The van der Waals surface area contributed by atoms with Crippen LogP contribution in [0.25, 0.3) is 0 Å². The molecule has 1 unspecified atom stereocenters. The molecule has 0 aliphatic heterocycles. The van der Waals surface area contributed by atoms with Crippen LogP contribution in [0.2, 0.25) is 0 Å². The largest absolute Gasteiger partial charge is 0.480 e. The molecule has 1 atom stereocenters. The lowest BCUT2D eigenvalue weighted by Crippen LogP contribution is -2.43. The number of nitro benzene ring substituents is 1. The van der Waals surface area contributed by atoms with Crippen molar-refractivity contribution in [3.8, 4) is 0 Å². The topological polar surface area (TPSA) is 122 Å². The summed E-state index contributed by atoms with van der Waals surface area (Å²) in [6.07, 6.45) is 2.15. The van der Waals surface area contributed by atoms with Gasteiger partial charge in [0, 0.05) is 17.8 Å². The maximum Gasteiger partial charge on any atom is 0.326 e. The SMILES string of the molecule is CSCCC(NC(=O)Nc1ccc([N+](=O)[O-])cc1)C(=O)O. The van der Waals surface area contributed by atoms with Gasteiger partial charge in [0.25, 0.3) is 5.69 Å². The number of hydrogen-bond acceptors (Lipinski definition) is 5. The zero-order valence-corrected chi connectivity index (χ0v) is 12.1. The van der Waals surface area contributed by atoms with Gasteiger partial charge in [-0.05, 0) is 30.6 Å². The number of carbonyl (C=O) groups excluding carboxylic acids is 1. The van der Waals surface area contributed by atoms with Gasteiger partial charge in [-0.2, -0.15) is 11.8 Å². The molecule has 9 heteroatoms. The molecule has 0 saturated heterocycles. The number of urea groups is 1. The average Bonchev–Trinajstić information content (AvgIpc) is 2.43. The predicted octanol–water partition coefficient (Wildman–Crippen LogP) is 1.92. The molecule has 0 bridgehead atoms. The van der Waals surface area contributed by atoms with Crippen molar-refractivity contribution in [3.63, 3.8) is 0 Å². The van der Waals surface area contributed by atoms with E-state index in [2.05, 4.69) is 10.6 Å². The first-order valence-electron chi connectivity index (χ1n) is 5.97. The fraction of sp³-hybridized carbons (Fsp3) is 0.333. The number of carbonyl (C=O) groups is 2. The molecule has 0 saturated carbocycles. The van der Waals surface area contributed by atoms with Gasteiger partial charge >= 0.3 is 12.0 Å². The van der Waals surface area contributed by atoms with Crippen molar-refractivity contribution in [2.45, 2.75) is 12.5 Å². The van der Waals surface area contributed by atoms with Gasteiger partial charge in [-0.3, -0.25) is 10.1 Å². The standard InChI is InChI=1S/C12H15N3O5S/c1-21-7-6-10(11(16)17)14-12(18)13-8-2-4-9(5-3-8)15(19)20/h2-5,10H,6-7H2,1H3,(H,16,17)(H2,13,14,18). The number of aliphatic carboxylic acids is 1. The number of nitro groups is 1. The van der Waals surface area contributed by atoms with Crippen molar-refractivity contribution >= 4 is 35.1 Å². The molecule has 2 amide bonds. The molecular formula is C12H15N3O5S. The summed E-state index contributed by atoms with van der Waals surface area (Å²) < 4.78 is 0. The first-order valence-corrected chi connectivity index (χ1v) is 7.37. The number of hydrogen-bond donors (Lipinski definition) is 3. The first-order chi connectivity index (χ1) is 9.93. The summed E-state index contributed by atoms with van der Waals surface area (Å²) in [7, 11) is 0. The van der Waals surface area contributed by atoms with Crippen LogP contribution in [0.1, 0.15) is 6.42 Å². The van der Waals surface area contributed by atoms with Crippen molar-refractivity contribution in [2.24, 2.45) is 0 Å². The molecule has 8 nitrogen and oxygen atoms in total. The molecule has 1 rings (SSSR count). The summed E-state index contributed by atoms with van der Waals surface area (Å²) in [5.74, 6) is -0.502. The van der Waals surface area contributed by atoms with E-state index < -0.39 is 23.0 Å². The smallest absolute Gasteiger partial charge is 0.326 e. The minimum atomic E-state index is -1.11. The van der Waals surface area contributed by atoms with Gasteiger partial charge in [0.2, 0.25) is 0 Å². The average molecular weight is 313 g/mol. The van der Waals surface area contributed by atoms with Crippen LogP contribution in [0.3, 0.4) is 0 Å². The molecule has 3 N–H and O–H groups in total. The third-order valence-electron chi connectivity index (χ3n) is 2.55. The van der Waals surface area contributed by atoms with Crippen molar-refractivity contribution in [3.05, 3.63) is 34.4 Å². The molecule has 0 aromatic heterocycles. The number of amides is 2. The molecular weight excluding hydrogens is 298 g/mol. The molecule has 0 radical (unpaired) electrons. The Bertz CT molecular complexity index is 520. The Morgan fingerprint density at radius 1 is 1.38 bits per heavy atom. The summed E-state index contributed by atoms with van der Waals surface area (Å²) in [5.41, 5.74) is 0.247. The number of thioether (sulfide) groups is 1. The molecule has 21 heavy (non-hydrogen) atoms. The van der Waals surface area contributed by atoms with E-state index in [9.17, 15) is 19.7 Å². The third kappa shape index (κ3) is 5.69. The van der Waals surface area contributed by atoms with E-state index in [0.717, 1.165) is 0 Å². The van der Waals surface area contributed by atoms with E-state index in [4.69, 9.17) is 5.11 Å². The molecule has 0 aliphatic rings. The monoisotopic (exact) mass is 313 g/mol. The summed E-state index contributed by atoms with van der Waals surface area (Å²) in [6.45, 7) is 0. The number of rotatable bonds is 7. The van der Waals surface area contributed by atoms with E-state index in [1.807, 2.05) is 6.26 Å². The van der Waals surface area contributed by atoms with Crippen LogP contribution in [0.5, 0.6) is 0 Å². The third-order valence-corrected chi connectivity index (χ3v) is 3.19. The fourth-order valence-electron chi connectivity index (χ4n) is 1.48. The lowest BCUT2D eigenvalue weighted by molar-refractivity contribution is -0.384. The van der Waals surface area contributed by atoms with Gasteiger partial charge in [0.15, 0.2) is 0 Å². The Morgan fingerprint density at radius 3 is 2.48 bits per heavy atom. The highest BCUT2D eigenvalue weighted by Crippen LogP contribution is 2.15. The second-order valence-electron chi connectivity index (χ2n) is 4.07. The van der Waals surface area contributed by atoms with E-state index in [1.54, 1.807) is 0 Å². The molecule has 0 aliphatic carbocycles. The van der Waals surface area contributed by atoms with Gasteiger partial charge in [0.05, 0.1) is 4.92 Å². The zero-order valence-electron chi connectivity index (χ0n) is 11.2. The number of anilines is 1. The highest BCUT2D eigenvalue weighted by molar-refractivity contribution is 7.98. The Balaban J connectivity index is 2.59. The van der Waals surface area contributed by atoms with Crippen LogP contribution in [0.15, 0.2) is 24.3 Å². The van der Waals surface area contributed by atoms with Crippen LogP contribution in [0.4, 0.5) is 16.2 Å². The van der Waals surface area contributed by atoms with Crippen molar-refractivity contribution in [2.75, 3.05) is 17.3 Å². The Labute approximate surface area is 125 Å². The van der Waals surface area contributed by atoms with Crippen LogP contribution in [-0.2, 0) is 4.79 Å². The first kappa shape index (κ1) is 16.8. The number of nitrogens with zero attached hydrogens (tertiary/aromatic N) is 1. The van der Waals surface area contributed by atoms with Crippen molar-refractivity contribution in [1.82, 2.24) is 5.32 Å². The second kappa shape index (κ2) is 8.10. The number of carboxylic acid groups (broad SMARTS) is 1. The molecule has 0 fully saturated rings. The number of nitrogens with one attached hydrogen (secondary N) is 2. The lowest BCUT2D eigenvalue weighted by Gasteiger charge is -2.14. The molecule has 0 spiro atoms. The minimum absolute atomic E-state index is 0.0932. The molecule has 114 valence electrons. The van der Waals surface area contributed by atoms with Gasteiger partial charge in [-0.25, -0.2) is 9.59 Å². The number of carboxylic acids is 1. The van der Waals surface area contributed by atoms with E-state index >= 15 is 0 Å². The summed E-state index contributed by atoms with van der Waals surface area (Å²) in [5, 5.41) is 24.2. The van der Waals surface area contributed by atoms with Gasteiger partial charge in [0.1, 0.15) is 6.04 Å². The second-order valence-corrected chi connectivity index (χ2v) is 5.06. The Morgan fingerprint density at radius 2 is 2.00 bits per heavy atom. The van der Waals surface area contributed by atoms with E-state index in [1.165, 1.54) is 36.0 Å². The van der Waals surface area contributed by atoms with Crippen molar-refractivity contribution < 1.29 is 19.6 Å². The maximum absolute atomic E-state index is 11.7. The van der Waals surface area contributed by atoms with Gasteiger partial charge in [-0.15, -0.1) is 0 Å². The van der Waals surface area contributed by atoms with Crippen LogP contribution < -0.4 is 10.6 Å². The molecule has 1 aromatic rings. The van der Waals surface area contributed by atoms with Gasteiger partial charge in [-0.1, -0.05) is 0 Å².